The molecule has 10 heteroatoms. The molecule has 2 aromatic heterocycles. The maximum absolute atomic E-state index is 13.3. The topological polar surface area (TPSA) is 72.7 Å². The number of nitrogens with one attached hydrogen (secondary N) is 1. The molecule has 0 bridgehead atoms. The van der Waals surface area contributed by atoms with Crippen LogP contribution in [-0.2, 0) is 6.54 Å². The van der Waals surface area contributed by atoms with Gasteiger partial charge in [-0.25, -0.2) is 9.07 Å². The highest BCUT2D eigenvalue weighted by molar-refractivity contribution is 5.92. The van der Waals surface area contributed by atoms with Crippen molar-refractivity contribution < 1.29 is 22.4 Å². The maximum Gasteiger partial charge on any atom is 0.412 e. The predicted octanol–water partition coefficient (Wildman–Crippen LogP) is 2.89. The number of carbonyl (C=O) groups is 1. The molecule has 0 saturated heterocycles. The van der Waals surface area contributed by atoms with E-state index in [1.807, 2.05) is 5.32 Å². The third-order valence-electron chi connectivity index (χ3n) is 3.65. The van der Waals surface area contributed by atoms with E-state index in [1.165, 1.54) is 53.5 Å². The first-order valence-corrected chi connectivity index (χ1v) is 7.75. The van der Waals surface area contributed by atoms with E-state index < -0.39 is 23.9 Å². The number of alkyl halides is 3. The van der Waals surface area contributed by atoms with E-state index in [4.69, 9.17) is 0 Å². The van der Waals surface area contributed by atoms with E-state index in [1.54, 1.807) is 0 Å². The Labute approximate surface area is 150 Å². The lowest BCUT2D eigenvalue weighted by Crippen LogP contribution is -2.38. The molecular weight excluding hydrogens is 366 g/mol. The van der Waals surface area contributed by atoms with Crippen molar-refractivity contribution in [1.29, 1.82) is 0 Å². The Morgan fingerprint density at radius 2 is 1.93 bits per heavy atom. The minimum Gasteiger partial charge on any atom is -0.335 e. The fraction of sp³-hybridized carbons (Fsp3) is 0.176. The summed E-state index contributed by atoms with van der Waals surface area (Å²) >= 11 is 0. The molecule has 1 amide bonds. The standard InChI is InChI=1S/C17H13F4N5O/c18-13-5-3-11(4-6-13)9-26-10-14(24-25-26)16(27)23-15(17(19,20)21)12-2-1-7-22-8-12/h1-8,10,15H,9H2,(H,23,27)/t15-/m0/s1. The van der Waals surface area contributed by atoms with Crippen molar-refractivity contribution in [1.82, 2.24) is 25.3 Å². The summed E-state index contributed by atoms with van der Waals surface area (Å²) in [6.45, 7) is 0.186. The number of halogens is 4. The molecule has 2 heterocycles. The molecule has 140 valence electrons. The minimum atomic E-state index is -4.71. The van der Waals surface area contributed by atoms with E-state index in [9.17, 15) is 22.4 Å². The number of benzene rings is 1. The van der Waals surface area contributed by atoms with Crippen LogP contribution in [0.15, 0.2) is 55.0 Å². The van der Waals surface area contributed by atoms with E-state index in [0.29, 0.717) is 5.56 Å². The van der Waals surface area contributed by atoms with Crippen LogP contribution >= 0.6 is 0 Å². The highest BCUT2D eigenvalue weighted by Crippen LogP contribution is 2.32. The van der Waals surface area contributed by atoms with Crippen molar-refractivity contribution in [2.75, 3.05) is 0 Å². The average Bonchev–Trinajstić information content (AvgIpc) is 3.10. The Kier molecular flexibility index (Phi) is 5.15. The molecule has 1 aromatic carbocycles. The van der Waals surface area contributed by atoms with Crippen LogP contribution in [0.2, 0.25) is 0 Å². The summed E-state index contributed by atoms with van der Waals surface area (Å²) in [7, 11) is 0. The second-order valence-corrected chi connectivity index (χ2v) is 5.66. The normalized spacial score (nSPS) is 12.6. The SMILES string of the molecule is O=C(N[C@@H](c1cccnc1)C(F)(F)F)c1cn(Cc2ccc(F)cc2)nn1. The number of aromatic nitrogens is 4. The first kappa shape index (κ1) is 18.5. The molecule has 0 saturated carbocycles. The molecule has 0 unspecified atom stereocenters. The summed E-state index contributed by atoms with van der Waals surface area (Å²) in [6, 6.07) is 5.93. The molecule has 3 aromatic rings. The van der Waals surface area contributed by atoms with Crippen molar-refractivity contribution in [2.24, 2.45) is 0 Å². The first-order valence-electron chi connectivity index (χ1n) is 7.75. The van der Waals surface area contributed by atoms with Crippen molar-refractivity contribution in [2.45, 2.75) is 18.8 Å². The molecule has 0 aliphatic carbocycles. The third kappa shape index (κ3) is 4.66. The van der Waals surface area contributed by atoms with Gasteiger partial charge in [0.2, 0.25) is 0 Å². The molecule has 0 aliphatic rings. The Bertz CT molecular complexity index is 909. The van der Waals surface area contributed by atoms with Crippen molar-refractivity contribution in [3.63, 3.8) is 0 Å². The molecule has 0 fully saturated rings. The third-order valence-corrected chi connectivity index (χ3v) is 3.65. The summed E-state index contributed by atoms with van der Waals surface area (Å²) in [5, 5.41) is 9.22. The molecule has 27 heavy (non-hydrogen) atoms. The average molecular weight is 379 g/mol. The van der Waals surface area contributed by atoms with Gasteiger partial charge in [0, 0.05) is 18.0 Å². The Morgan fingerprint density at radius 1 is 1.19 bits per heavy atom. The zero-order valence-corrected chi connectivity index (χ0v) is 13.7. The largest absolute Gasteiger partial charge is 0.412 e. The van der Waals surface area contributed by atoms with Crippen LogP contribution < -0.4 is 5.32 Å². The van der Waals surface area contributed by atoms with Gasteiger partial charge in [0.1, 0.15) is 5.82 Å². The summed E-state index contributed by atoms with van der Waals surface area (Å²) in [5.41, 5.74) is 0.226. The number of rotatable bonds is 5. The molecule has 0 spiro atoms. The molecule has 1 N–H and O–H groups in total. The van der Waals surface area contributed by atoms with Gasteiger partial charge >= 0.3 is 6.18 Å². The summed E-state index contributed by atoms with van der Waals surface area (Å²) in [4.78, 5) is 15.8. The van der Waals surface area contributed by atoms with Crippen LogP contribution in [0.4, 0.5) is 17.6 Å². The fourth-order valence-corrected chi connectivity index (χ4v) is 2.36. The number of hydrogen-bond donors (Lipinski definition) is 1. The smallest absolute Gasteiger partial charge is 0.335 e. The van der Waals surface area contributed by atoms with Crippen LogP contribution in [-0.4, -0.2) is 32.1 Å². The zero-order valence-electron chi connectivity index (χ0n) is 13.7. The van der Waals surface area contributed by atoms with Gasteiger partial charge in [-0.15, -0.1) is 5.10 Å². The van der Waals surface area contributed by atoms with Crippen molar-refractivity contribution >= 4 is 5.91 Å². The summed E-state index contributed by atoms with van der Waals surface area (Å²) in [6.07, 6.45) is -1.12. The Balaban J connectivity index is 1.73. The molecule has 1 atom stereocenters. The van der Waals surface area contributed by atoms with E-state index >= 15 is 0 Å². The lowest BCUT2D eigenvalue weighted by Gasteiger charge is -2.21. The van der Waals surface area contributed by atoms with Crippen LogP contribution in [0.3, 0.4) is 0 Å². The number of carbonyl (C=O) groups excluding carboxylic acids is 1. The van der Waals surface area contributed by atoms with Gasteiger partial charge in [-0.05, 0) is 23.8 Å². The van der Waals surface area contributed by atoms with Crippen LogP contribution in [0.1, 0.15) is 27.7 Å². The minimum absolute atomic E-state index is 0.186. The molecule has 0 radical (unpaired) electrons. The van der Waals surface area contributed by atoms with Crippen LogP contribution in [0.5, 0.6) is 0 Å². The quantitative estimate of drug-likeness (QED) is 0.692. The Morgan fingerprint density at radius 3 is 2.56 bits per heavy atom. The zero-order chi connectivity index (χ0) is 19.4. The van der Waals surface area contributed by atoms with Gasteiger partial charge in [0.25, 0.3) is 5.91 Å². The lowest BCUT2D eigenvalue weighted by molar-refractivity contribution is -0.155. The number of amides is 1. The van der Waals surface area contributed by atoms with Crippen LogP contribution in [0.25, 0.3) is 0 Å². The van der Waals surface area contributed by atoms with Gasteiger partial charge in [-0.1, -0.05) is 23.4 Å². The molecule has 0 aliphatic heterocycles. The molecule has 6 nitrogen and oxygen atoms in total. The lowest BCUT2D eigenvalue weighted by atomic mass is 10.1. The molecule has 3 rings (SSSR count). The second kappa shape index (κ2) is 7.52. The van der Waals surface area contributed by atoms with Gasteiger partial charge in [0.05, 0.1) is 12.7 Å². The molecular formula is C17H13F4N5O. The monoisotopic (exact) mass is 379 g/mol. The van der Waals surface area contributed by atoms with E-state index in [0.717, 1.165) is 6.20 Å². The predicted molar refractivity (Wildman–Crippen MR) is 86.0 cm³/mol. The van der Waals surface area contributed by atoms with Crippen molar-refractivity contribution in [3.8, 4) is 0 Å². The van der Waals surface area contributed by atoms with Gasteiger partial charge < -0.3 is 5.32 Å². The number of nitrogens with zero attached hydrogens (tertiary/aromatic N) is 4. The summed E-state index contributed by atoms with van der Waals surface area (Å²) in [5.74, 6) is -1.42. The highest BCUT2D eigenvalue weighted by Gasteiger charge is 2.42. The number of pyridine rings is 1. The summed E-state index contributed by atoms with van der Waals surface area (Å²) < 4.78 is 54.1. The fourth-order valence-electron chi connectivity index (χ4n) is 2.36. The Hall–Kier alpha value is -3.30. The highest BCUT2D eigenvalue weighted by atomic mass is 19.4. The van der Waals surface area contributed by atoms with Crippen molar-refractivity contribution in [3.05, 3.63) is 77.6 Å². The maximum atomic E-state index is 13.3. The van der Waals surface area contributed by atoms with Crippen LogP contribution in [0, 0.1) is 5.82 Å². The first-order chi connectivity index (χ1) is 12.8. The van der Waals surface area contributed by atoms with E-state index in [-0.39, 0.29) is 17.8 Å². The van der Waals surface area contributed by atoms with Gasteiger partial charge in [0.15, 0.2) is 11.7 Å². The van der Waals surface area contributed by atoms with Gasteiger partial charge in [-0.3, -0.25) is 9.78 Å². The van der Waals surface area contributed by atoms with Gasteiger partial charge in [-0.2, -0.15) is 13.2 Å². The van der Waals surface area contributed by atoms with E-state index in [2.05, 4.69) is 15.3 Å². The second-order valence-electron chi connectivity index (χ2n) is 5.66. The number of hydrogen-bond acceptors (Lipinski definition) is 4.